The van der Waals surface area contributed by atoms with Gasteiger partial charge in [0, 0.05) is 11.1 Å². The summed E-state index contributed by atoms with van der Waals surface area (Å²) >= 11 is 0. The first-order valence-electron chi connectivity index (χ1n) is 12.1. The number of rotatable bonds is 14. The second kappa shape index (κ2) is 13.6. The Labute approximate surface area is 224 Å². The summed E-state index contributed by atoms with van der Waals surface area (Å²) in [5.41, 5.74) is 11.7. The molecule has 210 valence electrons. The monoisotopic (exact) mass is 532 g/mol. The maximum atomic E-state index is 11.8. The van der Waals surface area contributed by atoms with Gasteiger partial charge < -0.3 is 30.4 Å². The normalized spacial score (nSPS) is 13.0. The molecule has 38 heavy (non-hydrogen) atoms. The van der Waals surface area contributed by atoms with E-state index in [9.17, 15) is 19.2 Å². The summed E-state index contributed by atoms with van der Waals surface area (Å²) in [5, 5.41) is 0. The molecule has 2 amide bonds. The summed E-state index contributed by atoms with van der Waals surface area (Å²) in [7, 11) is 0. The van der Waals surface area contributed by atoms with Crippen molar-refractivity contribution in [3.05, 3.63) is 59.7 Å². The Morgan fingerprint density at radius 1 is 0.763 bits per heavy atom. The lowest BCUT2D eigenvalue weighted by molar-refractivity contribution is -0.143. The summed E-state index contributed by atoms with van der Waals surface area (Å²) in [6.07, 6.45) is -2.88. The molecule has 0 aromatic heterocycles. The summed E-state index contributed by atoms with van der Waals surface area (Å²) in [6, 6.07) is 7.77. The standard InChI is InChI=1S/C28H40N2O8/c1-17(2)23(31)35-15-21(37-25(29)33)13-27(5,6)19-10-9-11-20(12-19)28(7,8)14-22(38-26(30)34)16-36-24(32)18(3)4/h9-12,21-22H,1,3,13-16H2,2,4-8H3,(H2,29,33)(H2,30,34). The fourth-order valence-corrected chi connectivity index (χ4v) is 3.92. The molecule has 2 atom stereocenters. The van der Waals surface area contributed by atoms with Crippen LogP contribution in [0.2, 0.25) is 0 Å². The summed E-state index contributed by atoms with van der Waals surface area (Å²) < 4.78 is 20.8. The zero-order valence-electron chi connectivity index (χ0n) is 23.1. The SMILES string of the molecule is C=C(C)C(=O)OCC(CC(C)(C)c1cccc(C(C)(C)CC(COC(=O)C(=C)C)OC(N)=O)c1)OC(N)=O. The highest BCUT2D eigenvalue weighted by molar-refractivity contribution is 5.87. The van der Waals surface area contributed by atoms with Crippen molar-refractivity contribution < 1.29 is 38.1 Å². The van der Waals surface area contributed by atoms with Crippen LogP contribution in [0.1, 0.15) is 65.5 Å². The maximum Gasteiger partial charge on any atom is 0.404 e. The lowest BCUT2D eigenvalue weighted by atomic mass is 9.74. The molecular weight excluding hydrogens is 492 g/mol. The van der Waals surface area contributed by atoms with Crippen LogP contribution in [0.3, 0.4) is 0 Å². The van der Waals surface area contributed by atoms with E-state index >= 15 is 0 Å². The van der Waals surface area contributed by atoms with Crippen molar-refractivity contribution in [1.82, 2.24) is 0 Å². The van der Waals surface area contributed by atoms with E-state index in [4.69, 9.17) is 30.4 Å². The Bertz CT molecular complexity index is 981. The largest absolute Gasteiger partial charge is 0.458 e. The lowest BCUT2D eigenvalue weighted by Crippen LogP contribution is -2.35. The molecule has 0 fully saturated rings. The number of primary amides is 2. The third kappa shape index (κ3) is 10.7. The van der Waals surface area contributed by atoms with Gasteiger partial charge in [-0.3, -0.25) is 0 Å². The zero-order valence-corrected chi connectivity index (χ0v) is 23.1. The second-order valence-electron chi connectivity index (χ2n) is 10.6. The number of carbonyl (C=O) groups is 4. The number of esters is 2. The average Bonchev–Trinajstić information content (AvgIpc) is 2.79. The Kier molecular flexibility index (Phi) is 11.6. The van der Waals surface area contributed by atoms with Crippen molar-refractivity contribution in [2.45, 2.75) is 77.4 Å². The molecule has 1 rings (SSSR count). The fourth-order valence-electron chi connectivity index (χ4n) is 3.92. The van der Waals surface area contributed by atoms with Crippen molar-refractivity contribution in [2.75, 3.05) is 13.2 Å². The van der Waals surface area contributed by atoms with Gasteiger partial charge in [-0.15, -0.1) is 0 Å². The van der Waals surface area contributed by atoms with Gasteiger partial charge in [0.2, 0.25) is 0 Å². The van der Waals surface area contributed by atoms with Crippen LogP contribution in [0.5, 0.6) is 0 Å². The zero-order chi connectivity index (χ0) is 29.3. The Hall–Kier alpha value is -3.82. The third-order valence-electron chi connectivity index (χ3n) is 5.96. The van der Waals surface area contributed by atoms with Crippen LogP contribution in [0, 0.1) is 0 Å². The van der Waals surface area contributed by atoms with Crippen LogP contribution in [-0.2, 0) is 39.4 Å². The molecule has 0 aliphatic heterocycles. The number of carbonyl (C=O) groups excluding carboxylic acids is 4. The third-order valence-corrected chi connectivity index (χ3v) is 5.96. The number of nitrogens with two attached hydrogens (primary N) is 2. The first-order chi connectivity index (χ1) is 17.4. The molecule has 0 bridgehead atoms. The number of ether oxygens (including phenoxy) is 4. The van der Waals surface area contributed by atoms with Crippen LogP contribution >= 0.6 is 0 Å². The lowest BCUT2D eigenvalue weighted by Gasteiger charge is -2.33. The van der Waals surface area contributed by atoms with Gasteiger partial charge in [-0.25, -0.2) is 19.2 Å². The first kappa shape index (κ1) is 32.2. The highest BCUT2D eigenvalue weighted by Crippen LogP contribution is 2.35. The summed E-state index contributed by atoms with van der Waals surface area (Å²) in [4.78, 5) is 46.6. The molecule has 1 aromatic rings. The number of amides is 2. The van der Waals surface area contributed by atoms with Crippen LogP contribution in [0.25, 0.3) is 0 Å². The molecule has 2 unspecified atom stereocenters. The van der Waals surface area contributed by atoms with E-state index in [1.807, 2.05) is 52.0 Å². The Balaban J connectivity index is 3.13. The molecule has 0 aliphatic rings. The minimum Gasteiger partial charge on any atom is -0.458 e. The molecule has 10 nitrogen and oxygen atoms in total. The van der Waals surface area contributed by atoms with Crippen molar-refractivity contribution in [1.29, 1.82) is 0 Å². The van der Waals surface area contributed by atoms with Gasteiger partial charge in [0.15, 0.2) is 0 Å². The molecule has 4 N–H and O–H groups in total. The van der Waals surface area contributed by atoms with Crippen molar-refractivity contribution in [3.8, 4) is 0 Å². The van der Waals surface area contributed by atoms with Gasteiger partial charge in [-0.2, -0.15) is 0 Å². The first-order valence-corrected chi connectivity index (χ1v) is 12.1. The smallest absolute Gasteiger partial charge is 0.404 e. The van der Waals surface area contributed by atoms with Crippen LogP contribution in [0.15, 0.2) is 48.6 Å². The van der Waals surface area contributed by atoms with Crippen LogP contribution < -0.4 is 11.5 Å². The molecule has 10 heteroatoms. The van der Waals surface area contributed by atoms with Gasteiger partial charge in [0.25, 0.3) is 0 Å². The number of hydrogen-bond acceptors (Lipinski definition) is 8. The van der Waals surface area contributed by atoms with E-state index in [2.05, 4.69) is 13.2 Å². The van der Waals surface area contributed by atoms with Gasteiger partial charge in [-0.1, -0.05) is 65.1 Å². The predicted molar refractivity (Wildman–Crippen MR) is 142 cm³/mol. The number of hydrogen-bond donors (Lipinski definition) is 2. The van der Waals surface area contributed by atoms with E-state index in [0.29, 0.717) is 12.8 Å². The number of benzene rings is 1. The van der Waals surface area contributed by atoms with E-state index in [1.54, 1.807) is 0 Å². The molecule has 0 heterocycles. The van der Waals surface area contributed by atoms with Gasteiger partial charge in [0.1, 0.15) is 25.4 Å². The summed E-state index contributed by atoms with van der Waals surface area (Å²) in [6.45, 7) is 17.7. The van der Waals surface area contributed by atoms with Gasteiger partial charge in [-0.05, 0) is 48.6 Å². The molecule has 1 aromatic carbocycles. The van der Waals surface area contributed by atoms with E-state index in [-0.39, 0.29) is 24.4 Å². The molecule has 0 saturated heterocycles. The predicted octanol–water partition coefficient (Wildman–Crippen LogP) is 4.19. The van der Waals surface area contributed by atoms with E-state index < -0.39 is 47.2 Å². The van der Waals surface area contributed by atoms with Gasteiger partial charge in [0.05, 0.1) is 0 Å². The van der Waals surface area contributed by atoms with Crippen LogP contribution in [0.4, 0.5) is 9.59 Å². The maximum absolute atomic E-state index is 11.8. The Morgan fingerprint density at radius 3 is 1.39 bits per heavy atom. The van der Waals surface area contributed by atoms with Crippen molar-refractivity contribution in [2.24, 2.45) is 11.5 Å². The minimum absolute atomic E-state index is 0.168. The second-order valence-corrected chi connectivity index (χ2v) is 10.6. The quantitative estimate of drug-likeness (QED) is 0.205. The molecule has 0 saturated carbocycles. The van der Waals surface area contributed by atoms with Crippen molar-refractivity contribution in [3.63, 3.8) is 0 Å². The van der Waals surface area contributed by atoms with E-state index in [1.165, 1.54) is 13.8 Å². The van der Waals surface area contributed by atoms with E-state index in [0.717, 1.165) is 11.1 Å². The molecular formula is C28H40N2O8. The fraction of sp³-hybridized carbons (Fsp3) is 0.500. The van der Waals surface area contributed by atoms with Crippen molar-refractivity contribution >= 4 is 24.1 Å². The van der Waals surface area contributed by atoms with Crippen LogP contribution in [-0.4, -0.2) is 49.5 Å². The molecule has 0 aliphatic carbocycles. The highest BCUT2D eigenvalue weighted by Gasteiger charge is 2.32. The minimum atomic E-state index is -0.972. The topological polar surface area (TPSA) is 157 Å². The molecule has 0 spiro atoms. The molecule has 0 radical (unpaired) electrons. The Morgan fingerprint density at radius 2 is 1.11 bits per heavy atom. The summed E-state index contributed by atoms with van der Waals surface area (Å²) in [5.74, 6) is -1.18. The highest BCUT2D eigenvalue weighted by atomic mass is 16.6. The van der Waals surface area contributed by atoms with Gasteiger partial charge >= 0.3 is 24.1 Å². The average molecular weight is 533 g/mol.